The smallest absolute Gasteiger partial charge is 0.240 e. The first-order valence-corrected chi connectivity index (χ1v) is 5.66. The fourth-order valence-electron chi connectivity index (χ4n) is 1.38. The first kappa shape index (κ1) is 9.34. The second kappa shape index (κ2) is 2.64. The molecule has 1 saturated heterocycles. The van der Waals surface area contributed by atoms with E-state index in [1.54, 1.807) is 0 Å². The van der Waals surface area contributed by atoms with Gasteiger partial charge in [0.15, 0.2) is 0 Å². The Morgan fingerprint density at radius 2 is 2.15 bits per heavy atom. The topological polar surface area (TPSA) is 55.1 Å². The van der Waals surface area contributed by atoms with Gasteiger partial charge in [-0.15, -0.1) is 0 Å². The number of carbonyl (C=O) groups is 1. The van der Waals surface area contributed by atoms with Crippen LogP contribution in [0.5, 0.6) is 0 Å². The highest BCUT2D eigenvalue weighted by Crippen LogP contribution is 2.41. The Morgan fingerprint density at radius 1 is 1.54 bits per heavy atom. The number of carbonyl (C=O) groups excluding carboxylic acids is 1. The molecule has 1 aliphatic carbocycles. The highest BCUT2D eigenvalue weighted by molar-refractivity contribution is 8.02. The molecule has 4 heteroatoms. The zero-order chi connectivity index (χ0) is 9.69. The minimum absolute atomic E-state index is 0.0471. The molecule has 3 N–H and O–H groups in total. The van der Waals surface area contributed by atoms with Crippen molar-refractivity contribution in [3.05, 3.63) is 0 Å². The predicted molar refractivity (Wildman–Crippen MR) is 54.6 cm³/mol. The summed E-state index contributed by atoms with van der Waals surface area (Å²) < 4.78 is 0.195. The molecule has 1 heterocycles. The van der Waals surface area contributed by atoms with Gasteiger partial charge < -0.3 is 11.1 Å². The van der Waals surface area contributed by atoms with Gasteiger partial charge in [-0.25, -0.2) is 0 Å². The first-order chi connectivity index (χ1) is 5.94. The van der Waals surface area contributed by atoms with Crippen molar-refractivity contribution in [3.63, 3.8) is 0 Å². The Labute approximate surface area is 82.8 Å². The lowest BCUT2D eigenvalue weighted by Gasteiger charge is -2.44. The molecule has 13 heavy (non-hydrogen) atoms. The van der Waals surface area contributed by atoms with Gasteiger partial charge in [-0.05, 0) is 26.7 Å². The third-order valence-corrected chi connectivity index (χ3v) is 4.54. The maximum absolute atomic E-state index is 11.6. The SMILES string of the molecule is CC1(C)SCC1NC(=O)C1(N)CC1. The summed E-state index contributed by atoms with van der Waals surface area (Å²) in [7, 11) is 0. The Hall–Kier alpha value is -0.220. The van der Waals surface area contributed by atoms with Crippen molar-refractivity contribution in [1.82, 2.24) is 5.32 Å². The van der Waals surface area contributed by atoms with Gasteiger partial charge in [0.2, 0.25) is 5.91 Å². The van der Waals surface area contributed by atoms with Gasteiger partial charge in [0.25, 0.3) is 0 Å². The molecule has 0 radical (unpaired) electrons. The summed E-state index contributed by atoms with van der Waals surface area (Å²) in [5.41, 5.74) is 5.27. The number of hydrogen-bond acceptors (Lipinski definition) is 3. The van der Waals surface area contributed by atoms with E-state index in [0.29, 0.717) is 6.04 Å². The summed E-state index contributed by atoms with van der Waals surface area (Å²) in [6.45, 7) is 4.31. The lowest BCUT2D eigenvalue weighted by molar-refractivity contribution is -0.124. The first-order valence-electron chi connectivity index (χ1n) is 4.68. The van der Waals surface area contributed by atoms with E-state index in [-0.39, 0.29) is 10.7 Å². The van der Waals surface area contributed by atoms with Crippen LogP contribution in [0.25, 0.3) is 0 Å². The molecule has 1 amide bonds. The van der Waals surface area contributed by atoms with Gasteiger partial charge in [-0.1, -0.05) is 0 Å². The molecule has 0 aromatic carbocycles. The summed E-state index contributed by atoms with van der Waals surface area (Å²) in [4.78, 5) is 11.6. The molecule has 1 atom stereocenters. The fraction of sp³-hybridized carbons (Fsp3) is 0.889. The average molecular weight is 200 g/mol. The number of nitrogens with two attached hydrogens (primary N) is 1. The van der Waals surface area contributed by atoms with Crippen LogP contribution in [0.2, 0.25) is 0 Å². The summed E-state index contributed by atoms with van der Waals surface area (Å²) in [6.07, 6.45) is 1.69. The third-order valence-electron chi connectivity index (χ3n) is 3.01. The van der Waals surface area contributed by atoms with Crippen molar-refractivity contribution in [1.29, 1.82) is 0 Å². The Balaban J connectivity index is 1.88. The van der Waals surface area contributed by atoms with Crippen molar-refractivity contribution < 1.29 is 4.79 Å². The molecule has 0 aromatic rings. The molecule has 2 rings (SSSR count). The molecule has 2 aliphatic rings. The van der Waals surface area contributed by atoms with Crippen LogP contribution in [0, 0.1) is 0 Å². The van der Waals surface area contributed by atoms with Gasteiger partial charge in [0.1, 0.15) is 0 Å². The highest BCUT2D eigenvalue weighted by atomic mass is 32.2. The maximum atomic E-state index is 11.6. The van der Waals surface area contributed by atoms with Crippen molar-refractivity contribution >= 4 is 17.7 Å². The second-order valence-electron chi connectivity index (χ2n) is 4.60. The summed E-state index contributed by atoms with van der Waals surface area (Å²) in [5.74, 6) is 1.07. The van der Waals surface area contributed by atoms with Crippen LogP contribution in [0.1, 0.15) is 26.7 Å². The maximum Gasteiger partial charge on any atom is 0.240 e. The van der Waals surface area contributed by atoms with Crippen LogP contribution >= 0.6 is 11.8 Å². The van der Waals surface area contributed by atoms with Gasteiger partial charge in [0, 0.05) is 10.5 Å². The van der Waals surface area contributed by atoms with E-state index in [4.69, 9.17) is 5.73 Å². The number of hydrogen-bond donors (Lipinski definition) is 2. The van der Waals surface area contributed by atoms with E-state index in [9.17, 15) is 4.79 Å². The number of nitrogens with one attached hydrogen (secondary N) is 1. The summed E-state index contributed by atoms with van der Waals surface area (Å²) >= 11 is 1.89. The van der Waals surface area contributed by atoms with Gasteiger partial charge >= 0.3 is 0 Å². The van der Waals surface area contributed by atoms with Gasteiger partial charge in [-0.2, -0.15) is 11.8 Å². The second-order valence-corrected chi connectivity index (χ2v) is 6.27. The normalized spacial score (nSPS) is 33.3. The van der Waals surface area contributed by atoms with Crippen LogP contribution < -0.4 is 11.1 Å². The average Bonchev–Trinajstić information content (AvgIpc) is 2.78. The molecule has 3 nitrogen and oxygen atoms in total. The lowest BCUT2D eigenvalue weighted by Crippen LogP contribution is -2.59. The molecule has 0 spiro atoms. The summed E-state index contributed by atoms with van der Waals surface area (Å²) in [6, 6.07) is 0.311. The van der Waals surface area contributed by atoms with E-state index in [1.165, 1.54) is 0 Å². The van der Waals surface area contributed by atoms with E-state index in [2.05, 4.69) is 19.2 Å². The van der Waals surface area contributed by atoms with Crippen molar-refractivity contribution in [2.45, 2.75) is 43.0 Å². The van der Waals surface area contributed by atoms with Crippen LogP contribution in [-0.4, -0.2) is 28.0 Å². The van der Waals surface area contributed by atoms with E-state index in [1.807, 2.05) is 11.8 Å². The summed E-state index contributed by atoms with van der Waals surface area (Å²) in [5, 5.41) is 3.02. The number of rotatable bonds is 2. The van der Waals surface area contributed by atoms with Crippen LogP contribution in [0.3, 0.4) is 0 Å². The Bertz CT molecular complexity index is 248. The van der Waals surface area contributed by atoms with Crippen molar-refractivity contribution in [2.24, 2.45) is 5.73 Å². The molecule has 1 saturated carbocycles. The predicted octanol–water partition coefficient (Wildman–Crippen LogP) is 0.488. The molecule has 1 aliphatic heterocycles. The molecule has 0 bridgehead atoms. The van der Waals surface area contributed by atoms with Crippen molar-refractivity contribution in [2.75, 3.05) is 5.75 Å². The minimum Gasteiger partial charge on any atom is -0.350 e. The molecular weight excluding hydrogens is 184 g/mol. The monoisotopic (exact) mass is 200 g/mol. The Kier molecular flexibility index (Phi) is 1.90. The molecule has 74 valence electrons. The zero-order valence-corrected chi connectivity index (χ0v) is 8.91. The number of amides is 1. The minimum atomic E-state index is -0.518. The fourth-order valence-corrected chi connectivity index (χ4v) is 2.52. The Morgan fingerprint density at radius 3 is 2.46 bits per heavy atom. The lowest BCUT2D eigenvalue weighted by atomic mass is 10.0. The third kappa shape index (κ3) is 1.57. The van der Waals surface area contributed by atoms with E-state index < -0.39 is 5.54 Å². The van der Waals surface area contributed by atoms with E-state index >= 15 is 0 Å². The zero-order valence-electron chi connectivity index (χ0n) is 8.09. The molecule has 0 aromatic heterocycles. The molecular formula is C9H16N2OS. The largest absolute Gasteiger partial charge is 0.350 e. The van der Waals surface area contributed by atoms with E-state index in [0.717, 1.165) is 18.6 Å². The molecule has 1 unspecified atom stereocenters. The van der Waals surface area contributed by atoms with Crippen LogP contribution in [0.4, 0.5) is 0 Å². The number of thioether (sulfide) groups is 1. The highest BCUT2D eigenvalue weighted by Gasteiger charge is 2.49. The van der Waals surface area contributed by atoms with Crippen LogP contribution in [-0.2, 0) is 4.79 Å². The van der Waals surface area contributed by atoms with Crippen molar-refractivity contribution in [3.8, 4) is 0 Å². The standard InChI is InChI=1S/C9H16N2OS/c1-8(2)6(5-13-8)11-7(12)9(10)3-4-9/h6H,3-5,10H2,1-2H3,(H,11,12). The van der Waals surface area contributed by atoms with Gasteiger partial charge in [-0.3, -0.25) is 4.79 Å². The molecule has 2 fully saturated rings. The van der Waals surface area contributed by atoms with Gasteiger partial charge in [0.05, 0.1) is 11.6 Å². The van der Waals surface area contributed by atoms with Crippen LogP contribution in [0.15, 0.2) is 0 Å². The quantitative estimate of drug-likeness (QED) is 0.682.